The molecule has 8 nitrogen and oxygen atoms in total. The second-order valence-corrected chi connectivity index (χ2v) is 7.83. The van der Waals surface area contributed by atoms with Crippen molar-refractivity contribution in [2.24, 2.45) is 0 Å². The van der Waals surface area contributed by atoms with Crippen LogP contribution in [-0.2, 0) is 16.0 Å². The molecule has 2 amide bonds. The third-order valence-electron chi connectivity index (χ3n) is 5.76. The van der Waals surface area contributed by atoms with E-state index in [4.69, 9.17) is 0 Å². The molecule has 2 aromatic rings. The quantitative estimate of drug-likeness (QED) is 0.545. The molecule has 1 saturated heterocycles. The molecule has 1 fully saturated rings. The summed E-state index contributed by atoms with van der Waals surface area (Å²) in [5.41, 5.74) is 3.08. The summed E-state index contributed by atoms with van der Waals surface area (Å²) in [6.07, 6.45) is 0.705. The minimum atomic E-state index is -0.454. The minimum absolute atomic E-state index is 0.00992. The van der Waals surface area contributed by atoms with E-state index in [9.17, 15) is 19.7 Å². The van der Waals surface area contributed by atoms with Crippen LogP contribution >= 0.6 is 0 Å². The highest BCUT2D eigenvalue weighted by atomic mass is 16.6. The van der Waals surface area contributed by atoms with Crippen LogP contribution in [-0.4, -0.2) is 59.3 Å². The highest BCUT2D eigenvalue weighted by molar-refractivity contribution is 5.92. The van der Waals surface area contributed by atoms with Gasteiger partial charge in [0.25, 0.3) is 5.69 Å². The van der Waals surface area contributed by atoms with Gasteiger partial charge in [-0.3, -0.25) is 24.6 Å². The molecule has 31 heavy (non-hydrogen) atoms. The van der Waals surface area contributed by atoms with E-state index in [0.717, 1.165) is 24.2 Å². The van der Waals surface area contributed by atoms with Crippen LogP contribution in [0.25, 0.3) is 0 Å². The maximum atomic E-state index is 12.6. The molecule has 0 aromatic heterocycles. The lowest BCUT2D eigenvalue weighted by Crippen LogP contribution is -2.49. The Morgan fingerprint density at radius 2 is 1.74 bits per heavy atom. The first-order chi connectivity index (χ1) is 14.8. The molecule has 0 bridgehead atoms. The van der Waals surface area contributed by atoms with Crippen molar-refractivity contribution in [3.8, 4) is 0 Å². The first kappa shape index (κ1) is 22.4. The Morgan fingerprint density at radius 1 is 1.03 bits per heavy atom. The predicted molar refractivity (Wildman–Crippen MR) is 119 cm³/mol. The number of benzene rings is 2. The van der Waals surface area contributed by atoms with Crippen LogP contribution in [0.4, 0.5) is 11.4 Å². The van der Waals surface area contributed by atoms with Crippen molar-refractivity contribution in [2.75, 3.05) is 38.0 Å². The number of hydrogen-bond donors (Lipinski definition) is 1. The van der Waals surface area contributed by atoms with E-state index in [1.165, 1.54) is 6.07 Å². The number of nitrogens with zero attached hydrogens (tertiary/aromatic N) is 3. The second kappa shape index (κ2) is 10.2. The topological polar surface area (TPSA) is 95.8 Å². The highest BCUT2D eigenvalue weighted by Gasteiger charge is 2.22. The Bertz CT molecular complexity index is 968. The van der Waals surface area contributed by atoms with Crippen LogP contribution in [0.15, 0.2) is 42.5 Å². The first-order valence-corrected chi connectivity index (χ1v) is 10.4. The van der Waals surface area contributed by atoms with Gasteiger partial charge in [-0.2, -0.15) is 0 Å². The van der Waals surface area contributed by atoms with E-state index < -0.39 is 4.92 Å². The molecular formula is C23H28N4O4. The summed E-state index contributed by atoms with van der Waals surface area (Å²) in [5.74, 6) is -0.0468. The van der Waals surface area contributed by atoms with E-state index in [-0.39, 0.29) is 17.5 Å². The average molecular weight is 425 g/mol. The van der Waals surface area contributed by atoms with Crippen LogP contribution in [0, 0.1) is 24.0 Å². The number of carbonyl (C=O) groups excluding carboxylic acids is 2. The molecule has 0 radical (unpaired) electrons. The van der Waals surface area contributed by atoms with Crippen molar-refractivity contribution in [3.05, 3.63) is 69.3 Å². The van der Waals surface area contributed by atoms with Gasteiger partial charge in [0.1, 0.15) is 0 Å². The van der Waals surface area contributed by atoms with Crippen LogP contribution in [0.1, 0.15) is 23.1 Å². The fourth-order valence-corrected chi connectivity index (χ4v) is 3.73. The largest absolute Gasteiger partial charge is 0.340 e. The number of anilines is 1. The molecule has 1 aliphatic rings. The van der Waals surface area contributed by atoms with Crippen molar-refractivity contribution in [1.29, 1.82) is 0 Å². The summed E-state index contributed by atoms with van der Waals surface area (Å²) < 4.78 is 0. The van der Waals surface area contributed by atoms with Crippen molar-refractivity contribution in [2.45, 2.75) is 26.7 Å². The summed E-state index contributed by atoms with van der Waals surface area (Å²) in [6, 6.07) is 12.6. The lowest BCUT2D eigenvalue weighted by Gasteiger charge is -2.34. The monoisotopic (exact) mass is 424 g/mol. The fraction of sp³-hybridized carbons (Fsp3) is 0.391. The van der Waals surface area contributed by atoms with Gasteiger partial charge in [0.2, 0.25) is 11.8 Å². The standard InChI is InChI=1S/C23H28N4O4/c1-17-6-3-4-7-19(17)16-23(29)26-14-12-25(13-15-26)11-10-22(28)24-20-8-5-9-21(18(20)2)27(30)31/h3-9H,10-16H2,1-2H3,(H,24,28). The number of nitro benzene ring substituents is 1. The van der Waals surface area contributed by atoms with Crippen molar-refractivity contribution in [3.63, 3.8) is 0 Å². The third-order valence-corrected chi connectivity index (χ3v) is 5.76. The minimum Gasteiger partial charge on any atom is -0.340 e. The Hall–Kier alpha value is -3.26. The van der Waals surface area contributed by atoms with Crippen LogP contribution < -0.4 is 5.32 Å². The highest BCUT2D eigenvalue weighted by Crippen LogP contribution is 2.25. The average Bonchev–Trinajstić information content (AvgIpc) is 2.75. The molecule has 2 aromatic carbocycles. The molecule has 1 aliphatic heterocycles. The Balaban J connectivity index is 1.44. The van der Waals surface area contributed by atoms with E-state index >= 15 is 0 Å². The lowest BCUT2D eigenvalue weighted by molar-refractivity contribution is -0.385. The fourth-order valence-electron chi connectivity index (χ4n) is 3.73. The Morgan fingerprint density at radius 3 is 2.42 bits per heavy atom. The van der Waals surface area contributed by atoms with Crippen molar-refractivity contribution < 1.29 is 14.5 Å². The zero-order valence-electron chi connectivity index (χ0n) is 18.0. The molecule has 1 N–H and O–H groups in total. The Labute approximate surface area is 182 Å². The number of aryl methyl sites for hydroxylation is 1. The molecular weight excluding hydrogens is 396 g/mol. The number of piperazine rings is 1. The van der Waals surface area contributed by atoms with Gasteiger partial charge in [-0.05, 0) is 31.0 Å². The maximum absolute atomic E-state index is 12.6. The third kappa shape index (κ3) is 5.88. The number of hydrogen-bond acceptors (Lipinski definition) is 5. The van der Waals surface area contributed by atoms with Gasteiger partial charge in [0.15, 0.2) is 0 Å². The molecule has 8 heteroatoms. The van der Waals surface area contributed by atoms with Gasteiger partial charge in [0, 0.05) is 45.2 Å². The molecule has 0 aliphatic carbocycles. The first-order valence-electron chi connectivity index (χ1n) is 10.4. The number of nitrogens with one attached hydrogen (secondary N) is 1. The molecule has 0 atom stereocenters. The van der Waals surface area contributed by atoms with E-state index in [0.29, 0.717) is 43.7 Å². The lowest BCUT2D eigenvalue weighted by atomic mass is 10.1. The number of carbonyl (C=O) groups is 2. The van der Waals surface area contributed by atoms with Gasteiger partial charge in [-0.1, -0.05) is 30.3 Å². The summed E-state index contributed by atoms with van der Waals surface area (Å²) in [7, 11) is 0. The zero-order valence-corrected chi connectivity index (χ0v) is 18.0. The van der Waals surface area contributed by atoms with Gasteiger partial charge in [0.05, 0.1) is 22.6 Å². The maximum Gasteiger partial charge on any atom is 0.274 e. The van der Waals surface area contributed by atoms with E-state index in [2.05, 4.69) is 10.2 Å². The van der Waals surface area contributed by atoms with E-state index in [1.54, 1.807) is 19.1 Å². The molecule has 3 rings (SSSR count). The van der Waals surface area contributed by atoms with Gasteiger partial charge in [-0.15, -0.1) is 0 Å². The number of nitro groups is 1. The van der Waals surface area contributed by atoms with Crippen molar-refractivity contribution in [1.82, 2.24) is 9.80 Å². The molecule has 0 saturated carbocycles. The summed E-state index contributed by atoms with van der Waals surface area (Å²) in [4.78, 5) is 39.6. The molecule has 0 unspecified atom stereocenters. The second-order valence-electron chi connectivity index (χ2n) is 7.83. The zero-order chi connectivity index (χ0) is 22.4. The van der Waals surface area contributed by atoms with E-state index in [1.807, 2.05) is 36.1 Å². The van der Waals surface area contributed by atoms with Gasteiger partial charge < -0.3 is 10.2 Å². The summed E-state index contributed by atoms with van der Waals surface area (Å²) in [5, 5.41) is 13.8. The van der Waals surface area contributed by atoms with Gasteiger partial charge in [-0.25, -0.2) is 0 Å². The molecule has 1 heterocycles. The Kier molecular flexibility index (Phi) is 7.36. The number of amides is 2. The number of rotatable bonds is 7. The normalized spacial score (nSPS) is 14.3. The van der Waals surface area contributed by atoms with Crippen molar-refractivity contribution >= 4 is 23.2 Å². The van der Waals surface area contributed by atoms with Crippen LogP contribution in [0.5, 0.6) is 0 Å². The summed E-state index contributed by atoms with van der Waals surface area (Å²) in [6.45, 7) is 6.97. The van der Waals surface area contributed by atoms with Crippen LogP contribution in [0.3, 0.4) is 0 Å². The smallest absolute Gasteiger partial charge is 0.274 e. The molecule has 164 valence electrons. The molecule has 0 spiro atoms. The summed E-state index contributed by atoms with van der Waals surface area (Å²) >= 11 is 0. The van der Waals surface area contributed by atoms with Crippen LogP contribution in [0.2, 0.25) is 0 Å². The van der Waals surface area contributed by atoms with Gasteiger partial charge >= 0.3 is 0 Å². The SMILES string of the molecule is Cc1ccccc1CC(=O)N1CCN(CCC(=O)Nc2cccc([N+](=O)[O-])c2C)CC1. The predicted octanol–water partition coefficient (Wildman–Crippen LogP) is 2.93.